The van der Waals surface area contributed by atoms with E-state index in [0.717, 1.165) is 29.7 Å². The van der Waals surface area contributed by atoms with E-state index in [1.807, 2.05) is 6.92 Å². The zero-order valence-corrected chi connectivity index (χ0v) is 13.9. The van der Waals surface area contributed by atoms with Gasteiger partial charge in [-0.1, -0.05) is 6.92 Å². The molecule has 24 heavy (non-hydrogen) atoms. The van der Waals surface area contributed by atoms with Crippen molar-refractivity contribution in [3.8, 4) is 0 Å². The van der Waals surface area contributed by atoms with Crippen LogP contribution in [0.25, 0.3) is 0 Å². The Morgan fingerprint density at radius 2 is 2.12 bits per heavy atom. The third-order valence-electron chi connectivity index (χ3n) is 4.29. The number of nitrogens with zero attached hydrogens (tertiary/aromatic N) is 3. The summed E-state index contributed by atoms with van der Waals surface area (Å²) in [5.41, 5.74) is 2.55. The molecule has 2 aromatic rings. The highest BCUT2D eigenvalue weighted by molar-refractivity contribution is 7.92. The second kappa shape index (κ2) is 5.30. The van der Waals surface area contributed by atoms with Gasteiger partial charge in [0, 0.05) is 13.0 Å². The summed E-state index contributed by atoms with van der Waals surface area (Å²) < 4.78 is 32.5. The summed E-state index contributed by atoms with van der Waals surface area (Å²) >= 11 is 0. The fraction of sp³-hybridized carbons (Fsp3) is 0.400. The number of hydrogen-bond acceptors (Lipinski definition) is 6. The molecule has 3 heterocycles. The Hall–Kier alpha value is -2.42. The van der Waals surface area contributed by atoms with Crippen LogP contribution in [0.1, 0.15) is 30.4 Å². The van der Waals surface area contributed by atoms with Crippen molar-refractivity contribution in [3.05, 3.63) is 29.2 Å². The van der Waals surface area contributed by atoms with Crippen LogP contribution < -0.4 is 9.62 Å². The molecule has 0 radical (unpaired) electrons. The van der Waals surface area contributed by atoms with Gasteiger partial charge in [0.15, 0.2) is 0 Å². The van der Waals surface area contributed by atoms with Gasteiger partial charge in [-0.3, -0.25) is 4.79 Å². The smallest absolute Gasteiger partial charge is 0.277 e. The first kappa shape index (κ1) is 15.1. The number of hydrogen-bond donors (Lipinski definition) is 1. The first-order chi connectivity index (χ1) is 11.5. The van der Waals surface area contributed by atoms with Crippen LogP contribution in [0.5, 0.6) is 0 Å². The Morgan fingerprint density at radius 3 is 2.88 bits per heavy atom. The topological polar surface area (TPSA) is 105 Å². The van der Waals surface area contributed by atoms with Crippen LogP contribution in [0.2, 0.25) is 0 Å². The molecule has 1 amide bonds. The van der Waals surface area contributed by atoms with Gasteiger partial charge in [-0.2, -0.15) is 4.98 Å². The van der Waals surface area contributed by atoms with Crippen molar-refractivity contribution in [1.82, 2.24) is 10.1 Å². The van der Waals surface area contributed by atoms with Gasteiger partial charge in [0.2, 0.25) is 11.8 Å². The number of aryl methyl sites for hydroxylation is 2. The van der Waals surface area contributed by atoms with E-state index < -0.39 is 10.0 Å². The summed E-state index contributed by atoms with van der Waals surface area (Å²) in [6.07, 6.45) is 2.36. The molecular weight excluding hydrogens is 332 g/mol. The van der Waals surface area contributed by atoms with Crippen LogP contribution in [0, 0.1) is 0 Å². The minimum atomic E-state index is -3.84. The van der Waals surface area contributed by atoms with Crippen molar-refractivity contribution in [2.75, 3.05) is 16.2 Å². The molecule has 1 aromatic heterocycles. The zero-order chi connectivity index (χ0) is 16.9. The maximum atomic E-state index is 12.6. The SMILES string of the molecule is CCc1nc(NS(=O)(=O)c2cc3c4c(c2)CC(=O)N4CCC3)no1. The van der Waals surface area contributed by atoms with E-state index >= 15 is 0 Å². The van der Waals surface area contributed by atoms with Gasteiger partial charge in [0.1, 0.15) is 0 Å². The fourth-order valence-electron chi connectivity index (χ4n) is 3.22. The molecule has 8 nitrogen and oxygen atoms in total. The Balaban J connectivity index is 1.72. The molecule has 0 spiro atoms. The minimum absolute atomic E-state index is 0.0270. The molecule has 9 heteroatoms. The molecule has 0 saturated carbocycles. The van der Waals surface area contributed by atoms with E-state index in [1.165, 1.54) is 0 Å². The predicted octanol–water partition coefficient (Wildman–Crippen LogP) is 1.27. The fourth-order valence-corrected chi connectivity index (χ4v) is 4.26. The van der Waals surface area contributed by atoms with Crippen LogP contribution in [0.15, 0.2) is 21.6 Å². The van der Waals surface area contributed by atoms with E-state index in [9.17, 15) is 13.2 Å². The van der Waals surface area contributed by atoms with Crippen LogP contribution >= 0.6 is 0 Å². The normalized spacial score (nSPS) is 16.4. The van der Waals surface area contributed by atoms with Gasteiger partial charge in [-0.25, -0.2) is 13.1 Å². The molecule has 2 aliphatic rings. The summed E-state index contributed by atoms with van der Waals surface area (Å²) in [6, 6.07) is 3.19. The lowest BCUT2D eigenvalue weighted by molar-refractivity contribution is -0.117. The molecule has 1 aromatic carbocycles. The molecular formula is C15H16N4O4S. The van der Waals surface area contributed by atoms with E-state index in [2.05, 4.69) is 14.9 Å². The minimum Gasteiger partial charge on any atom is -0.337 e. The summed E-state index contributed by atoms with van der Waals surface area (Å²) in [5, 5.41) is 3.61. The molecule has 1 N–H and O–H groups in total. The number of aromatic nitrogens is 2. The molecule has 0 aliphatic carbocycles. The second-order valence-electron chi connectivity index (χ2n) is 5.89. The van der Waals surface area contributed by atoms with Gasteiger partial charge in [0.25, 0.3) is 16.0 Å². The van der Waals surface area contributed by atoms with E-state index in [1.54, 1.807) is 17.0 Å². The molecule has 0 bridgehead atoms. The Labute approximate surface area is 138 Å². The maximum Gasteiger partial charge on any atom is 0.277 e. The van der Waals surface area contributed by atoms with Gasteiger partial charge in [-0.05, 0) is 41.3 Å². The molecule has 2 aliphatic heterocycles. The molecule has 0 saturated heterocycles. The Kier molecular flexibility index (Phi) is 3.34. The number of carbonyl (C=O) groups is 1. The highest BCUT2D eigenvalue weighted by Gasteiger charge is 2.34. The first-order valence-corrected chi connectivity index (χ1v) is 9.28. The highest BCUT2D eigenvalue weighted by atomic mass is 32.2. The summed E-state index contributed by atoms with van der Waals surface area (Å²) in [4.78, 5) is 17.9. The third kappa shape index (κ3) is 2.35. The second-order valence-corrected chi connectivity index (χ2v) is 7.57. The van der Waals surface area contributed by atoms with Crippen molar-refractivity contribution < 1.29 is 17.7 Å². The lowest BCUT2D eigenvalue weighted by Gasteiger charge is -2.25. The number of amides is 1. The largest absolute Gasteiger partial charge is 0.337 e. The third-order valence-corrected chi connectivity index (χ3v) is 5.60. The van der Waals surface area contributed by atoms with Gasteiger partial charge >= 0.3 is 0 Å². The van der Waals surface area contributed by atoms with Gasteiger partial charge < -0.3 is 9.42 Å². The van der Waals surface area contributed by atoms with E-state index in [0.29, 0.717) is 18.9 Å². The van der Waals surface area contributed by atoms with Crippen molar-refractivity contribution >= 4 is 27.6 Å². The summed E-state index contributed by atoms with van der Waals surface area (Å²) in [5.74, 6) is 0.302. The lowest BCUT2D eigenvalue weighted by atomic mass is 10.0. The highest BCUT2D eigenvalue weighted by Crippen LogP contribution is 2.38. The standard InChI is InChI=1S/C15H16N4O4S/c1-2-12-16-15(17-23-12)18-24(21,22)11-6-9-4-3-5-19-13(20)8-10(7-11)14(9)19/h6-7H,2-5,8H2,1H3,(H,17,18). The van der Waals surface area contributed by atoms with Gasteiger partial charge in [-0.15, -0.1) is 0 Å². The maximum absolute atomic E-state index is 12.6. The van der Waals surface area contributed by atoms with Crippen molar-refractivity contribution in [3.63, 3.8) is 0 Å². The van der Waals surface area contributed by atoms with Crippen LogP contribution in [-0.2, 0) is 34.1 Å². The van der Waals surface area contributed by atoms with Gasteiger partial charge in [0.05, 0.1) is 17.0 Å². The zero-order valence-electron chi connectivity index (χ0n) is 13.1. The number of sulfonamides is 1. The quantitative estimate of drug-likeness (QED) is 0.892. The van der Waals surface area contributed by atoms with Crippen LogP contribution in [-0.4, -0.2) is 31.0 Å². The lowest BCUT2D eigenvalue weighted by Crippen LogP contribution is -2.31. The van der Waals surface area contributed by atoms with E-state index in [-0.39, 0.29) is 23.2 Å². The molecule has 0 fully saturated rings. The molecule has 126 valence electrons. The molecule has 0 atom stereocenters. The molecule has 0 unspecified atom stereocenters. The number of rotatable bonds is 4. The summed E-state index contributed by atoms with van der Waals surface area (Å²) in [6.45, 7) is 2.53. The van der Waals surface area contributed by atoms with Crippen LogP contribution in [0.4, 0.5) is 11.6 Å². The average Bonchev–Trinajstić information content (AvgIpc) is 3.13. The Bertz CT molecular complexity index is 935. The van der Waals surface area contributed by atoms with Crippen molar-refractivity contribution in [1.29, 1.82) is 0 Å². The first-order valence-electron chi connectivity index (χ1n) is 7.79. The number of anilines is 2. The number of benzene rings is 1. The van der Waals surface area contributed by atoms with Crippen LogP contribution in [0.3, 0.4) is 0 Å². The average molecular weight is 348 g/mol. The van der Waals surface area contributed by atoms with Crippen molar-refractivity contribution in [2.45, 2.75) is 37.5 Å². The number of nitrogens with one attached hydrogen (secondary N) is 1. The van der Waals surface area contributed by atoms with E-state index in [4.69, 9.17) is 4.52 Å². The monoisotopic (exact) mass is 348 g/mol. The predicted molar refractivity (Wildman–Crippen MR) is 85.3 cm³/mol. The Morgan fingerprint density at radius 1 is 1.33 bits per heavy atom. The number of carbonyl (C=O) groups excluding carboxylic acids is 1. The summed E-state index contributed by atoms with van der Waals surface area (Å²) in [7, 11) is -3.84. The van der Waals surface area contributed by atoms with Crippen molar-refractivity contribution in [2.24, 2.45) is 0 Å². The molecule has 4 rings (SSSR count).